The molecule has 0 atom stereocenters. The molecule has 0 bridgehead atoms. The molecule has 1 aliphatic rings. The van der Waals surface area contributed by atoms with Crippen molar-refractivity contribution in [3.63, 3.8) is 0 Å². The standard InChI is InChI=1S/C15H19FO2/c1-10-3-6-12(7-4-10)15(17)18-14-8-5-11(2)9-13(14)16/h5,8-10,12H,3-4,6-7H2,1-2H3. The smallest absolute Gasteiger partial charge is 0.314 e. The first kappa shape index (κ1) is 13.1. The number of ether oxygens (including phenoxy) is 1. The highest BCUT2D eigenvalue weighted by molar-refractivity contribution is 5.75. The Morgan fingerprint density at radius 2 is 1.94 bits per heavy atom. The lowest BCUT2D eigenvalue weighted by Crippen LogP contribution is -2.25. The molecule has 1 aromatic carbocycles. The minimum Gasteiger partial charge on any atom is -0.423 e. The molecule has 1 saturated carbocycles. The third kappa shape index (κ3) is 3.09. The first-order valence-electron chi connectivity index (χ1n) is 6.54. The maximum absolute atomic E-state index is 13.6. The molecule has 0 heterocycles. The van der Waals surface area contributed by atoms with Crippen LogP contribution in [0, 0.1) is 24.6 Å². The van der Waals surface area contributed by atoms with Crippen molar-refractivity contribution in [3.8, 4) is 5.75 Å². The molecular weight excluding hydrogens is 231 g/mol. The first-order valence-corrected chi connectivity index (χ1v) is 6.54. The summed E-state index contributed by atoms with van der Waals surface area (Å²) in [5.74, 6) is -0.0894. The summed E-state index contributed by atoms with van der Waals surface area (Å²) in [5.41, 5.74) is 0.818. The largest absolute Gasteiger partial charge is 0.423 e. The van der Waals surface area contributed by atoms with Crippen LogP contribution in [0.3, 0.4) is 0 Å². The molecule has 1 fully saturated rings. The van der Waals surface area contributed by atoms with Crippen molar-refractivity contribution in [2.24, 2.45) is 11.8 Å². The van der Waals surface area contributed by atoms with E-state index in [1.165, 1.54) is 12.1 Å². The van der Waals surface area contributed by atoms with Crippen LogP contribution in [-0.2, 0) is 4.79 Å². The van der Waals surface area contributed by atoms with Crippen LogP contribution in [-0.4, -0.2) is 5.97 Å². The lowest BCUT2D eigenvalue weighted by molar-refractivity contribution is -0.140. The third-order valence-corrected chi connectivity index (χ3v) is 3.65. The number of hydrogen-bond donors (Lipinski definition) is 0. The molecule has 1 aromatic rings. The third-order valence-electron chi connectivity index (χ3n) is 3.65. The minimum absolute atomic E-state index is 0.0456. The van der Waals surface area contributed by atoms with E-state index in [1.54, 1.807) is 13.0 Å². The summed E-state index contributed by atoms with van der Waals surface area (Å²) in [7, 11) is 0. The Labute approximate surface area is 107 Å². The maximum atomic E-state index is 13.6. The second-order valence-electron chi connectivity index (χ2n) is 5.31. The second-order valence-corrected chi connectivity index (χ2v) is 5.31. The van der Waals surface area contributed by atoms with Crippen molar-refractivity contribution in [2.45, 2.75) is 39.5 Å². The molecule has 2 rings (SSSR count). The van der Waals surface area contributed by atoms with Gasteiger partial charge in [0.15, 0.2) is 11.6 Å². The zero-order valence-corrected chi connectivity index (χ0v) is 10.9. The fourth-order valence-electron chi connectivity index (χ4n) is 2.38. The molecule has 0 saturated heterocycles. The number of rotatable bonds is 2. The Bertz CT molecular complexity index is 434. The van der Waals surface area contributed by atoms with Crippen molar-refractivity contribution in [3.05, 3.63) is 29.6 Å². The molecule has 0 aliphatic heterocycles. The summed E-state index contributed by atoms with van der Waals surface area (Å²) in [6, 6.07) is 4.65. The number of hydrogen-bond acceptors (Lipinski definition) is 2. The van der Waals surface area contributed by atoms with Gasteiger partial charge in [0.1, 0.15) is 0 Å². The van der Waals surface area contributed by atoms with Crippen molar-refractivity contribution in [1.29, 1.82) is 0 Å². The van der Waals surface area contributed by atoms with Crippen LogP contribution in [0.5, 0.6) is 5.75 Å². The summed E-state index contributed by atoms with van der Waals surface area (Å²) in [5, 5.41) is 0. The average molecular weight is 250 g/mol. The average Bonchev–Trinajstić information content (AvgIpc) is 2.33. The number of carbonyl (C=O) groups is 1. The molecule has 2 nitrogen and oxygen atoms in total. The van der Waals surface area contributed by atoms with Crippen LogP contribution in [0.1, 0.15) is 38.2 Å². The van der Waals surface area contributed by atoms with E-state index in [2.05, 4.69) is 6.92 Å². The van der Waals surface area contributed by atoms with Crippen LogP contribution in [0.2, 0.25) is 0 Å². The van der Waals surface area contributed by atoms with E-state index in [9.17, 15) is 9.18 Å². The van der Waals surface area contributed by atoms with Crippen LogP contribution in [0.15, 0.2) is 18.2 Å². The molecule has 18 heavy (non-hydrogen) atoms. The summed E-state index contributed by atoms with van der Waals surface area (Å²) in [4.78, 5) is 11.9. The van der Waals surface area contributed by atoms with Gasteiger partial charge >= 0.3 is 5.97 Å². The highest BCUT2D eigenvalue weighted by Gasteiger charge is 2.26. The topological polar surface area (TPSA) is 26.3 Å². The van der Waals surface area contributed by atoms with E-state index < -0.39 is 5.82 Å². The predicted molar refractivity (Wildman–Crippen MR) is 67.9 cm³/mol. The number of benzene rings is 1. The Balaban J connectivity index is 1.98. The molecule has 0 N–H and O–H groups in total. The Morgan fingerprint density at radius 1 is 1.28 bits per heavy atom. The van der Waals surface area contributed by atoms with Crippen LogP contribution in [0.25, 0.3) is 0 Å². The fraction of sp³-hybridized carbons (Fsp3) is 0.533. The predicted octanol–water partition coefficient (Wildman–Crippen LogP) is 3.87. The SMILES string of the molecule is Cc1ccc(OC(=O)C2CCC(C)CC2)c(F)c1. The molecule has 0 spiro atoms. The Morgan fingerprint density at radius 3 is 2.56 bits per heavy atom. The number of aryl methyl sites for hydroxylation is 1. The lowest BCUT2D eigenvalue weighted by Gasteiger charge is -2.24. The minimum atomic E-state index is -0.465. The van der Waals surface area contributed by atoms with Gasteiger partial charge < -0.3 is 4.74 Å². The van der Waals surface area contributed by atoms with Crippen molar-refractivity contribution in [2.75, 3.05) is 0 Å². The number of halogens is 1. The molecular formula is C15H19FO2. The Hall–Kier alpha value is -1.38. The van der Waals surface area contributed by atoms with Crippen LogP contribution < -0.4 is 4.74 Å². The van der Waals surface area contributed by atoms with E-state index in [1.807, 2.05) is 0 Å². The van der Waals surface area contributed by atoms with E-state index >= 15 is 0 Å². The molecule has 3 heteroatoms. The van der Waals surface area contributed by atoms with E-state index in [4.69, 9.17) is 4.74 Å². The Kier molecular flexibility index (Phi) is 4.00. The highest BCUT2D eigenvalue weighted by Crippen LogP contribution is 2.30. The van der Waals surface area contributed by atoms with Gasteiger partial charge in [-0.05, 0) is 56.2 Å². The van der Waals surface area contributed by atoms with Gasteiger partial charge in [0.25, 0.3) is 0 Å². The van der Waals surface area contributed by atoms with Gasteiger partial charge in [0, 0.05) is 0 Å². The van der Waals surface area contributed by atoms with Gasteiger partial charge in [-0.15, -0.1) is 0 Å². The molecule has 0 amide bonds. The van der Waals surface area contributed by atoms with Crippen molar-refractivity contribution >= 4 is 5.97 Å². The van der Waals surface area contributed by atoms with Gasteiger partial charge in [-0.2, -0.15) is 0 Å². The van der Waals surface area contributed by atoms with E-state index in [-0.39, 0.29) is 17.6 Å². The zero-order valence-electron chi connectivity index (χ0n) is 10.9. The molecule has 0 aromatic heterocycles. The maximum Gasteiger partial charge on any atom is 0.314 e. The quantitative estimate of drug-likeness (QED) is 0.588. The number of esters is 1. The molecule has 0 radical (unpaired) electrons. The van der Waals surface area contributed by atoms with E-state index in [0.717, 1.165) is 31.2 Å². The summed E-state index contributed by atoms with van der Waals surface area (Å²) in [6.45, 7) is 4.00. The van der Waals surface area contributed by atoms with E-state index in [0.29, 0.717) is 5.92 Å². The van der Waals surface area contributed by atoms with Gasteiger partial charge in [-0.25, -0.2) is 4.39 Å². The van der Waals surface area contributed by atoms with Crippen molar-refractivity contribution in [1.82, 2.24) is 0 Å². The molecule has 0 unspecified atom stereocenters. The van der Waals surface area contributed by atoms with Crippen LogP contribution in [0.4, 0.5) is 4.39 Å². The molecule has 98 valence electrons. The van der Waals surface area contributed by atoms with Crippen LogP contribution >= 0.6 is 0 Å². The highest BCUT2D eigenvalue weighted by atomic mass is 19.1. The van der Waals surface area contributed by atoms with Gasteiger partial charge in [0.05, 0.1) is 5.92 Å². The zero-order chi connectivity index (χ0) is 13.1. The molecule has 1 aliphatic carbocycles. The summed E-state index contributed by atoms with van der Waals surface area (Å²) in [6.07, 6.45) is 3.81. The summed E-state index contributed by atoms with van der Waals surface area (Å²) >= 11 is 0. The fourth-order valence-corrected chi connectivity index (χ4v) is 2.38. The summed E-state index contributed by atoms with van der Waals surface area (Å²) < 4.78 is 18.7. The second kappa shape index (κ2) is 5.51. The van der Waals surface area contributed by atoms with Gasteiger partial charge in [0.2, 0.25) is 0 Å². The van der Waals surface area contributed by atoms with Gasteiger partial charge in [-0.3, -0.25) is 4.79 Å². The number of carbonyl (C=O) groups excluding carboxylic acids is 1. The lowest BCUT2D eigenvalue weighted by atomic mass is 9.83. The monoisotopic (exact) mass is 250 g/mol. The normalized spacial score (nSPS) is 23.7. The van der Waals surface area contributed by atoms with Gasteiger partial charge in [-0.1, -0.05) is 13.0 Å². The first-order chi connectivity index (χ1) is 8.56. The van der Waals surface area contributed by atoms with Crippen molar-refractivity contribution < 1.29 is 13.9 Å².